The molecular formula is C10H18O3. The Morgan fingerprint density at radius 1 is 1.08 bits per heavy atom. The Kier molecular flexibility index (Phi) is 1.95. The van der Waals surface area contributed by atoms with E-state index in [2.05, 4.69) is 27.7 Å². The summed E-state index contributed by atoms with van der Waals surface area (Å²) in [6.07, 6.45) is 0.905. The highest BCUT2D eigenvalue weighted by molar-refractivity contribution is 4.98. The molecule has 13 heavy (non-hydrogen) atoms. The van der Waals surface area contributed by atoms with Crippen molar-refractivity contribution in [1.82, 2.24) is 0 Å². The Balaban J connectivity index is 1.95. The summed E-state index contributed by atoms with van der Waals surface area (Å²) in [5.41, 5.74) is -0.122. The van der Waals surface area contributed by atoms with Crippen LogP contribution < -0.4 is 0 Å². The SMILES string of the molecule is CC1(C)CCO[C@H](C2OC2(C)C)O1. The van der Waals surface area contributed by atoms with Crippen LogP contribution in [0.5, 0.6) is 0 Å². The molecule has 76 valence electrons. The second-order valence-corrected chi connectivity index (χ2v) is 5.01. The predicted molar refractivity (Wildman–Crippen MR) is 48.5 cm³/mol. The van der Waals surface area contributed by atoms with Gasteiger partial charge in [-0.3, -0.25) is 0 Å². The minimum absolute atomic E-state index is 0.0575. The van der Waals surface area contributed by atoms with Crippen molar-refractivity contribution in [2.24, 2.45) is 0 Å². The zero-order chi connectivity index (χ0) is 9.69. The van der Waals surface area contributed by atoms with E-state index in [9.17, 15) is 0 Å². The van der Waals surface area contributed by atoms with Crippen molar-refractivity contribution in [3.8, 4) is 0 Å². The molecule has 2 saturated heterocycles. The van der Waals surface area contributed by atoms with Gasteiger partial charge in [-0.25, -0.2) is 0 Å². The van der Waals surface area contributed by atoms with Gasteiger partial charge in [-0.05, 0) is 34.1 Å². The van der Waals surface area contributed by atoms with E-state index in [1.165, 1.54) is 0 Å². The lowest BCUT2D eigenvalue weighted by molar-refractivity contribution is -0.251. The Morgan fingerprint density at radius 3 is 2.15 bits per heavy atom. The molecule has 2 atom stereocenters. The average Bonchev–Trinajstić information content (AvgIpc) is 2.58. The van der Waals surface area contributed by atoms with Crippen molar-refractivity contribution < 1.29 is 14.2 Å². The molecular weight excluding hydrogens is 168 g/mol. The van der Waals surface area contributed by atoms with Gasteiger partial charge in [-0.2, -0.15) is 0 Å². The maximum absolute atomic E-state index is 5.79. The van der Waals surface area contributed by atoms with Gasteiger partial charge in [0.2, 0.25) is 0 Å². The largest absolute Gasteiger partial charge is 0.361 e. The van der Waals surface area contributed by atoms with Crippen LogP contribution in [-0.4, -0.2) is 30.2 Å². The Bertz CT molecular complexity index is 210. The van der Waals surface area contributed by atoms with Crippen LogP contribution in [0.2, 0.25) is 0 Å². The molecule has 2 aliphatic rings. The number of rotatable bonds is 1. The van der Waals surface area contributed by atoms with Gasteiger partial charge in [0.15, 0.2) is 6.29 Å². The van der Waals surface area contributed by atoms with Crippen LogP contribution in [0.25, 0.3) is 0 Å². The highest BCUT2D eigenvalue weighted by Crippen LogP contribution is 2.41. The normalized spacial score (nSPS) is 41.5. The van der Waals surface area contributed by atoms with Crippen LogP contribution in [0.1, 0.15) is 34.1 Å². The highest BCUT2D eigenvalue weighted by Gasteiger charge is 2.55. The van der Waals surface area contributed by atoms with E-state index in [4.69, 9.17) is 14.2 Å². The third-order valence-corrected chi connectivity index (χ3v) is 2.73. The van der Waals surface area contributed by atoms with Crippen molar-refractivity contribution in [1.29, 1.82) is 0 Å². The first kappa shape index (κ1) is 9.44. The number of epoxide rings is 1. The molecule has 0 spiro atoms. The molecule has 0 aromatic heterocycles. The van der Waals surface area contributed by atoms with Crippen molar-refractivity contribution in [3.63, 3.8) is 0 Å². The van der Waals surface area contributed by atoms with Gasteiger partial charge in [0.1, 0.15) is 6.10 Å². The topological polar surface area (TPSA) is 31.0 Å². The zero-order valence-electron chi connectivity index (χ0n) is 8.79. The monoisotopic (exact) mass is 186 g/mol. The first-order valence-corrected chi connectivity index (χ1v) is 4.88. The molecule has 0 aromatic carbocycles. The van der Waals surface area contributed by atoms with Gasteiger partial charge >= 0.3 is 0 Å². The number of hydrogen-bond donors (Lipinski definition) is 0. The first-order valence-electron chi connectivity index (χ1n) is 4.88. The summed E-state index contributed by atoms with van der Waals surface area (Å²) in [6.45, 7) is 9.08. The minimum Gasteiger partial charge on any atom is -0.361 e. The maximum atomic E-state index is 5.79. The molecule has 1 unspecified atom stereocenters. The summed E-state index contributed by atoms with van der Waals surface area (Å²) >= 11 is 0. The van der Waals surface area contributed by atoms with Crippen LogP contribution in [0.3, 0.4) is 0 Å². The van der Waals surface area contributed by atoms with E-state index in [0.29, 0.717) is 0 Å². The third-order valence-electron chi connectivity index (χ3n) is 2.73. The molecule has 3 heteroatoms. The molecule has 2 aliphatic heterocycles. The van der Waals surface area contributed by atoms with Crippen molar-refractivity contribution in [3.05, 3.63) is 0 Å². The quantitative estimate of drug-likeness (QED) is 0.584. The van der Waals surface area contributed by atoms with Crippen LogP contribution in [0.15, 0.2) is 0 Å². The van der Waals surface area contributed by atoms with E-state index in [1.807, 2.05) is 0 Å². The average molecular weight is 186 g/mol. The van der Waals surface area contributed by atoms with Gasteiger partial charge in [0, 0.05) is 0 Å². The molecule has 0 radical (unpaired) electrons. The van der Waals surface area contributed by atoms with E-state index in [-0.39, 0.29) is 23.6 Å². The molecule has 2 rings (SSSR count). The minimum atomic E-state index is -0.168. The highest BCUT2D eigenvalue weighted by atomic mass is 16.7. The van der Waals surface area contributed by atoms with Gasteiger partial charge in [-0.1, -0.05) is 0 Å². The van der Waals surface area contributed by atoms with E-state index < -0.39 is 0 Å². The maximum Gasteiger partial charge on any atom is 0.187 e. The fourth-order valence-electron chi connectivity index (χ4n) is 1.65. The fourth-order valence-corrected chi connectivity index (χ4v) is 1.65. The summed E-state index contributed by atoms with van der Waals surface area (Å²) in [4.78, 5) is 0. The van der Waals surface area contributed by atoms with Crippen LogP contribution >= 0.6 is 0 Å². The van der Waals surface area contributed by atoms with Crippen LogP contribution in [0, 0.1) is 0 Å². The van der Waals surface area contributed by atoms with Gasteiger partial charge in [0.05, 0.1) is 17.8 Å². The van der Waals surface area contributed by atoms with E-state index in [1.54, 1.807) is 0 Å². The molecule has 2 fully saturated rings. The lowest BCUT2D eigenvalue weighted by Gasteiger charge is -2.35. The molecule has 3 nitrogen and oxygen atoms in total. The molecule has 0 amide bonds. The van der Waals surface area contributed by atoms with Crippen LogP contribution in [0.4, 0.5) is 0 Å². The lowest BCUT2D eigenvalue weighted by Crippen LogP contribution is -2.42. The van der Waals surface area contributed by atoms with Gasteiger partial charge in [0.25, 0.3) is 0 Å². The summed E-state index contributed by atoms with van der Waals surface area (Å²) < 4.78 is 16.8. The third kappa shape index (κ3) is 1.87. The van der Waals surface area contributed by atoms with Crippen molar-refractivity contribution >= 4 is 0 Å². The van der Waals surface area contributed by atoms with Crippen LogP contribution in [-0.2, 0) is 14.2 Å². The molecule has 0 N–H and O–H groups in total. The summed E-state index contributed by atoms with van der Waals surface area (Å²) in [6, 6.07) is 0. The second-order valence-electron chi connectivity index (χ2n) is 5.01. The molecule has 2 heterocycles. The zero-order valence-corrected chi connectivity index (χ0v) is 8.79. The van der Waals surface area contributed by atoms with Gasteiger partial charge in [-0.15, -0.1) is 0 Å². The Morgan fingerprint density at radius 2 is 1.69 bits per heavy atom. The van der Waals surface area contributed by atoms with E-state index in [0.717, 1.165) is 13.0 Å². The smallest absolute Gasteiger partial charge is 0.187 e. The number of hydrogen-bond acceptors (Lipinski definition) is 3. The summed E-state index contributed by atoms with van der Waals surface area (Å²) in [5.74, 6) is 0. The molecule has 0 aliphatic carbocycles. The Hall–Kier alpha value is -0.120. The summed E-state index contributed by atoms with van der Waals surface area (Å²) in [7, 11) is 0. The lowest BCUT2D eigenvalue weighted by atomic mass is 10.0. The molecule has 0 bridgehead atoms. The predicted octanol–water partition coefficient (Wildman–Crippen LogP) is 1.71. The first-order chi connectivity index (χ1) is 5.91. The Labute approximate surface area is 79.4 Å². The molecule has 0 aromatic rings. The fraction of sp³-hybridized carbons (Fsp3) is 1.00. The molecule has 0 saturated carbocycles. The van der Waals surface area contributed by atoms with E-state index >= 15 is 0 Å². The number of ether oxygens (including phenoxy) is 3. The summed E-state index contributed by atoms with van der Waals surface area (Å²) in [5, 5.41) is 0. The van der Waals surface area contributed by atoms with Crippen molar-refractivity contribution in [2.45, 2.75) is 57.7 Å². The van der Waals surface area contributed by atoms with Gasteiger partial charge < -0.3 is 14.2 Å². The van der Waals surface area contributed by atoms with Crippen molar-refractivity contribution in [2.75, 3.05) is 6.61 Å². The standard InChI is InChI=1S/C10H18O3/c1-9(2)5-6-11-8(13-9)7-10(3,4)12-7/h7-8H,5-6H2,1-4H3/t7?,8-/m0/s1. The second kappa shape index (κ2) is 2.69.